The van der Waals surface area contributed by atoms with Crippen LogP contribution in [-0.4, -0.2) is 38.7 Å². The quantitative estimate of drug-likeness (QED) is 0.537. The van der Waals surface area contributed by atoms with Gasteiger partial charge in [0.1, 0.15) is 4.83 Å². The average molecular weight is 420 g/mol. The van der Waals surface area contributed by atoms with Crippen LogP contribution in [0.4, 0.5) is 0 Å². The summed E-state index contributed by atoms with van der Waals surface area (Å²) in [5, 5.41) is 1.52. The normalized spacial score (nSPS) is 19.8. The highest BCUT2D eigenvalue weighted by Crippen LogP contribution is 2.34. The van der Waals surface area contributed by atoms with Crippen molar-refractivity contribution in [2.24, 2.45) is 0 Å². The van der Waals surface area contributed by atoms with Crippen LogP contribution in [0.15, 0.2) is 9.95 Å². The van der Waals surface area contributed by atoms with E-state index in [0.29, 0.717) is 23.5 Å². The Morgan fingerprint density at radius 1 is 1.21 bits per heavy atom. The highest BCUT2D eigenvalue weighted by Gasteiger charge is 2.26. The fourth-order valence-electron chi connectivity index (χ4n) is 4.57. The van der Waals surface area contributed by atoms with Crippen LogP contribution in [0, 0.1) is 0 Å². The molecule has 0 N–H and O–H groups in total. The lowest BCUT2D eigenvalue weighted by molar-refractivity contribution is -0.132. The number of thiophene rings is 1. The smallest absolute Gasteiger partial charge is 0.263 e. The molecule has 1 aliphatic heterocycles. The zero-order chi connectivity index (χ0) is 19.7. The van der Waals surface area contributed by atoms with Gasteiger partial charge in [-0.3, -0.25) is 14.2 Å². The Morgan fingerprint density at radius 2 is 2.04 bits per heavy atom. The Kier molecular flexibility index (Phi) is 6.11. The maximum atomic E-state index is 13.2. The molecule has 152 valence electrons. The minimum absolute atomic E-state index is 0.0752. The summed E-state index contributed by atoms with van der Waals surface area (Å²) in [6.07, 6.45) is 8.85. The van der Waals surface area contributed by atoms with Crippen molar-refractivity contribution in [1.82, 2.24) is 14.5 Å². The van der Waals surface area contributed by atoms with E-state index in [9.17, 15) is 9.59 Å². The highest BCUT2D eigenvalue weighted by atomic mass is 32.2. The van der Waals surface area contributed by atoms with Crippen LogP contribution < -0.4 is 5.56 Å². The molecule has 1 aliphatic carbocycles. The SMILES string of the molecule is CCC1CCCCN1C(=O)CSc1nc2sc3c(c2c(=O)n1CC)CCCC3. The van der Waals surface area contributed by atoms with E-state index in [1.807, 2.05) is 11.8 Å². The number of likely N-dealkylation sites (tertiary alicyclic amines) is 1. The molecule has 2 aromatic rings. The lowest BCUT2D eigenvalue weighted by Gasteiger charge is -2.35. The number of hydrogen-bond acceptors (Lipinski definition) is 5. The second kappa shape index (κ2) is 8.57. The summed E-state index contributed by atoms with van der Waals surface area (Å²) in [4.78, 5) is 35.1. The molecule has 3 heterocycles. The van der Waals surface area contributed by atoms with Gasteiger partial charge in [-0.05, 0) is 63.9 Å². The third-order valence-corrected chi connectivity index (χ3v) is 8.25. The van der Waals surface area contributed by atoms with Crippen molar-refractivity contribution in [1.29, 1.82) is 0 Å². The van der Waals surface area contributed by atoms with Crippen molar-refractivity contribution >= 4 is 39.2 Å². The van der Waals surface area contributed by atoms with Gasteiger partial charge in [-0.15, -0.1) is 11.3 Å². The fraction of sp³-hybridized carbons (Fsp3) is 0.667. The number of nitrogens with zero attached hydrogens (tertiary/aromatic N) is 3. The number of aryl methyl sites for hydroxylation is 2. The van der Waals surface area contributed by atoms with Gasteiger partial charge in [0, 0.05) is 24.0 Å². The van der Waals surface area contributed by atoms with Crippen LogP contribution >= 0.6 is 23.1 Å². The predicted molar refractivity (Wildman–Crippen MR) is 117 cm³/mol. The molecular formula is C21H29N3O2S2. The first-order valence-electron chi connectivity index (χ1n) is 10.6. The minimum atomic E-state index is 0.0752. The highest BCUT2D eigenvalue weighted by molar-refractivity contribution is 7.99. The molecule has 2 aliphatic rings. The number of hydrogen-bond donors (Lipinski definition) is 0. The maximum Gasteiger partial charge on any atom is 0.263 e. The van der Waals surface area contributed by atoms with E-state index in [2.05, 4.69) is 6.92 Å². The Balaban J connectivity index is 1.60. The molecule has 1 saturated heterocycles. The summed E-state index contributed by atoms with van der Waals surface area (Å²) in [6, 6.07) is 0.370. The monoisotopic (exact) mass is 419 g/mol. The van der Waals surface area contributed by atoms with Crippen LogP contribution in [-0.2, 0) is 24.2 Å². The standard InChI is InChI=1S/C21H29N3O2S2/c1-3-14-9-7-8-12-24(14)17(25)13-27-21-22-19-18(20(26)23(21)4-2)15-10-5-6-11-16(15)28-19/h14H,3-13H2,1-2H3. The number of aromatic nitrogens is 2. The third-order valence-electron chi connectivity index (χ3n) is 6.10. The van der Waals surface area contributed by atoms with Crippen molar-refractivity contribution in [3.8, 4) is 0 Å². The molecule has 0 aromatic carbocycles. The zero-order valence-corrected chi connectivity index (χ0v) is 18.5. The second-order valence-electron chi connectivity index (χ2n) is 7.77. The van der Waals surface area contributed by atoms with Crippen LogP contribution in [0.25, 0.3) is 10.2 Å². The van der Waals surface area contributed by atoms with E-state index in [-0.39, 0.29) is 11.5 Å². The number of piperidine rings is 1. The van der Waals surface area contributed by atoms with E-state index < -0.39 is 0 Å². The molecule has 1 unspecified atom stereocenters. The topological polar surface area (TPSA) is 55.2 Å². The molecule has 2 aromatic heterocycles. The first-order valence-corrected chi connectivity index (χ1v) is 12.4. The predicted octanol–water partition coefficient (Wildman–Crippen LogP) is 4.24. The van der Waals surface area contributed by atoms with Gasteiger partial charge in [0.25, 0.3) is 5.56 Å². The number of fused-ring (bicyclic) bond motifs is 3. The molecule has 1 atom stereocenters. The Hall–Kier alpha value is -1.34. The van der Waals surface area contributed by atoms with Gasteiger partial charge in [0.15, 0.2) is 5.16 Å². The summed E-state index contributed by atoms with van der Waals surface area (Å²) in [5.41, 5.74) is 1.31. The maximum absolute atomic E-state index is 13.2. The second-order valence-corrected chi connectivity index (χ2v) is 9.79. The Bertz CT molecular complexity index is 934. The van der Waals surface area contributed by atoms with Crippen molar-refractivity contribution in [2.45, 2.75) is 83.0 Å². The summed E-state index contributed by atoms with van der Waals surface area (Å²) >= 11 is 3.11. The number of carbonyl (C=O) groups is 1. The molecule has 0 radical (unpaired) electrons. The molecule has 28 heavy (non-hydrogen) atoms. The van der Waals surface area contributed by atoms with Gasteiger partial charge < -0.3 is 4.90 Å². The summed E-state index contributed by atoms with van der Waals surface area (Å²) in [5.74, 6) is 0.540. The first-order chi connectivity index (χ1) is 13.6. The van der Waals surface area contributed by atoms with Gasteiger partial charge in [-0.2, -0.15) is 0 Å². The van der Waals surface area contributed by atoms with Gasteiger partial charge in [-0.1, -0.05) is 18.7 Å². The van der Waals surface area contributed by atoms with Crippen LogP contribution in [0.5, 0.6) is 0 Å². The van der Waals surface area contributed by atoms with Crippen molar-refractivity contribution in [3.05, 3.63) is 20.8 Å². The molecular weight excluding hydrogens is 390 g/mol. The van der Waals surface area contributed by atoms with E-state index in [1.165, 1.54) is 35.0 Å². The van der Waals surface area contributed by atoms with E-state index >= 15 is 0 Å². The first kappa shape index (κ1) is 20.0. The number of rotatable bonds is 5. The Morgan fingerprint density at radius 3 is 2.82 bits per heavy atom. The number of amides is 1. The summed E-state index contributed by atoms with van der Waals surface area (Å²) in [7, 11) is 0. The molecule has 1 fully saturated rings. The Labute approximate surface area is 174 Å². The van der Waals surface area contributed by atoms with Crippen molar-refractivity contribution in [2.75, 3.05) is 12.3 Å². The molecule has 0 spiro atoms. The van der Waals surface area contributed by atoms with Crippen molar-refractivity contribution < 1.29 is 4.79 Å². The minimum Gasteiger partial charge on any atom is -0.339 e. The summed E-state index contributed by atoms with van der Waals surface area (Å²) < 4.78 is 1.76. The summed E-state index contributed by atoms with van der Waals surface area (Å²) in [6.45, 7) is 5.59. The van der Waals surface area contributed by atoms with E-state index in [4.69, 9.17) is 4.98 Å². The van der Waals surface area contributed by atoms with Crippen LogP contribution in [0.2, 0.25) is 0 Å². The lowest BCUT2D eigenvalue weighted by atomic mass is 9.97. The average Bonchev–Trinajstić information content (AvgIpc) is 3.10. The van der Waals surface area contributed by atoms with E-state index in [1.54, 1.807) is 15.9 Å². The fourth-order valence-corrected chi connectivity index (χ4v) is 6.82. The third kappa shape index (κ3) is 3.63. The lowest BCUT2D eigenvalue weighted by Crippen LogP contribution is -2.44. The molecule has 7 heteroatoms. The van der Waals surface area contributed by atoms with Gasteiger partial charge >= 0.3 is 0 Å². The zero-order valence-electron chi connectivity index (χ0n) is 16.8. The largest absolute Gasteiger partial charge is 0.339 e. The number of carbonyl (C=O) groups excluding carboxylic acids is 1. The van der Waals surface area contributed by atoms with Gasteiger partial charge in [-0.25, -0.2) is 4.98 Å². The van der Waals surface area contributed by atoms with Gasteiger partial charge in [0.2, 0.25) is 5.91 Å². The molecule has 1 amide bonds. The molecule has 0 bridgehead atoms. The molecule has 0 saturated carbocycles. The molecule has 5 nitrogen and oxygen atoms in total. The van der Waals surface area contributed by atoms with Crippen molar-refractivity contribution in [3.63, 3.8) is 0 Å². The number of thioether (sulfide) groups is 1. The van der Waals surface area contributed by atoms with Crippen LogP contribution in [0.3, 0.4) is 0 Å². The van der Waals surface area contributed by atoms with Crippen LogP contribution in [0.1, 0.15) is 62.8 Å². The van der Waals surface area contributed by atoms with Gasteiger partial charge in [0.05, 0.1) is 11.1 Å². The van der Waals surface area contributed by atoms with E-state index in [0.717, 1.165) is 55.3 Å². The molecule has 4 rings (SSSR count).